The average Bonchev–Trinajstić information content (AvgIpc) is 2.50. The molecule has 0 saturated carbocycles. The lowest BCUT2D eigenvalue weighted by molar-refractivity contribution is 0.305. The first kappa shape index (κ1) is 16.3. The van der Waals surface area contributed by atoms with Crippen molar-refractivity contribution < 1.29 is 4.74 Å². The van der Waals surface area contributed by atoms with E-state index in [2.05, 4.69) is 64.6 Å². The SMILES string of the molecule is CCCNCCCCCOc1ccc2cc(Br)ccc2c1. The summed E-state index contributed by atoms with van der Waals surface area (Å²) in [4.78, 5) is 0. The molecule has 0 radical (unpaired) electrons. The van der Waals surface area contributed by atoms with Crippen molar-refractivity contribution in [2.45, 2.75) is 32.6 Å². The van der Waals surface area contributed by atoms with Gasteiger partial charge >= 0.3 is 0 Å². The van der Waals surface area contributed by atoms with Gasteiger partial charge in [-0.2, -0.15) is 0 Å². The zero-order valence-electron chi connectivity index (χ0n) is 12.7. The van der Waals surface area contributed by atoms with Gasteiger partial charge in [0.2, 0.25) is 0 Å². The molecule has 0 bridgehead atoms. The van der Waals surface area contributed by atoms with Gasteiger partial charge in [-0.15, -0.1) is 0 Å². The summed E-state index contributed by atoms with van der Waals surface area (Å²) < 4.78 is 6.95. The molecule has 0 aliphatic carbocycles. The molecule has 1 N–H and O–H groups in total. The third-order valence-corrected chi connectivity index (χ3v) is 3.96. The van der Waals surface area contributed by atoms with Crippen molar-refractivity contribution in [3.63, 3.8) is 0 Å². The smallest absolute Gasteiger partial charge is 0.119 e. The minimum Gasteiger partial charge on any atom is -0.494 e. The van der Waals surface area contributed by atoms with Crippen LogP contribution in [0.25, 0.3) is 10.8 Å². The summed E-state index contributed by atoms with van der Waals surface area (Å²) >= 11 is 3.50. The molecular formula is C18H24BrNO. The van der Waals surface area contributed by atoms with E-state index in [4.69, 9.17) is 4.74 Å². The minimum atomic E-state index is 0.801. The van der Waals surface area contributed by atoms with Gasteiger partial charge in [0.15, 0.2) is 0 Å². The van der Waals surface area contributed by atoms with Crippen LogP contribution in [0.5, 0.6) is 5.75 Å². The van der Waals surface area contributed by atoms with Crippen molar-refractivity contribution in [2.75, 3.05) is 19.7 Å². The van der Waals surface area contributed by atoms with Gasteiger partial charge in [0.05, 0.1) is 6.61 Å². The third kappa shape index (κ3) is 5.68. The maximum atomic E-state index is 5.84. The predicted molar refractivity (Wildman–Crippen MR) is 94.2 cm³/mol. The maximum Gasteiger partial charge on any atom is 0.119 e. The molecule has 2 aromatic carbocycles. The molecule has 3 heteroatoms. The Morgan fingerprint density at radius 1 is 0.952 bits per heavy atom. The summed E-state index contributed by atoms with van der Waals surface area (Å²) in [6.07, 6.45) is 4.78. The van der Waals surface area contributed by atoms with E-state index in [1.54, 1.807) is 0 Å². The van der Waals surface area contributed by atoms with Crippen LogP contribution >= 0.6 is 15.9 Å². The van der Waals surface area contributed by atoms with Crippen molar-refractivity contribution in [1.29, 1.82) is 0 Å². The quantitative estimate of drug-likeness (QED) is 0.632. The Labute approximate surface area is 136 Å². The Morgan fingerprint density at radius 2 is 1.76 bits per heavy atom. The Kier molecular flexibility index (Phi) is 7.04. The first-order chi connectivity index (χ1) is 10.3. The molecule has 2 rings (SSSR count). The number of hydrogen-bond donors (Lipinski definition) is 1. The van der Waals surface area contributed by atoms with Crippen molar-refractivity contribution in [3.8, 4) is 5.75 Å². The van der Waals surface area contributed by atoms with Gasteiger partial charge in [0, 0.05) is 4.47 Å². The van der Waals surface area contributed by atoms with Crippen LogP contribution in [-0.2, 0) is 0 Å². The predicted octanol–water partition coefficient (Wildman–Crippen LogP) is 5.15. The number of unbranched alkanes of at least 4 members (excludes halogenated alkanes) is 2. The number of halogens is 1. The van der Waals surface area contributed by atoms with Crippen molar-refractivity contribution in [1.82, 2.24) is 5.32 Å². The fraction of sp³-hybridized carbons (Fsp3) is 0.444. The maximum absolute atomic E-state index is 5.84. The summed E-state index contributed by atoms with van der Waals surface area (Å²) in [5, 5.41) is 5.88. The fourth-order valence-electron chi connectivity index (χ4n) is 2.31. The van der Waals surface area contributed by atoms with E-state index >= 15 is 0 Å². The molecule has 0 heterocycles. The van der Waals surface area contributed by atoms with E-state index in [0.29, 0.717) is 0 Å². The summed E-state index contributed by atoms with van der Waals surface area (Å²) in [5.74, 6) is 0.967. The molecule has 0 aliphatic heterocycles. The van der Waals surface area contributed by atoms with E-state index in [0.717, 1.165) is 36.3 Å². The molecule has 0 saturated heterocycles. The summed E-state index contributed by atoms with van der Waals surface area (Å²) in [7, 11) is 0. The summed E-state index contributed by atoms with van der Waals surface area (Å²) in [6.45, 7) is 5.25. The Balaban J connectivity index is 1.70. The van der Waals surface area contributed by atoms with Gasteiger partial charge in [-0.3, -0.25) is 0 Å². The van der Waals surface area contributed by atoms with E-state index in [1.165, 1.54) is 30.0 Å². The normalized spacial score (nSPS) is 11.0. The van der Waals surface area contributed by atoms with Gasteiger partial charge in [0.1, 0.15) is 5.75 Å². The standard InChI is InChI=1S/C18H24BrNO/c1-2-10-20-11-4-3-5-12-21-18-9-7-15-13-17(19)8-6-16(15)14-18/h6-9,13-14,20H,2-5,10-12H2,1H3. The summed E-state index contributed by atoms with van der Waals surface area (Å²) in [5.41, 5.74) is 0. The van der Waals surface area contributed by atoms with E-state index in [9.17, 15) is 0 Å². The monoisotopic (exact) mass is 349 g/mol. The number of benzene rings is 2. The largest absolute Gasteiger partial charge is 0.494 e. The second kappa shape index (κ2) is 9.06. The zero-order valence-corrected chi connectivity index (χ0v) is 14.3. The Morgan fingerprint density at radius 3 is 2.62 bits per heavy atom. The summed E-state index contributed by atoms with van der Waals surface area (Å²) in [6, 6.07) is 12.6. The van der Waals surface area contributed by atoms with Crippen molar-refractivity contribution >= 4 is 26.7 Å². The van der Waals surface area contributed by atoms with Crippen LogP contribution in [0.3, 0.4) is 0 Å². The molecule has 0 aromatic heterocycles. The third-order valence-electron chi connectivity index (χ3n) is 3.47. The van der Waals surface area contributed by atoms with Crippen LogP contribution < -0.4 is 10.1 Å². The number of rotatable bonds is 9. The lowest BCUT2D eigenvalue weighted by Gasteiger charge is -2.08. The Hall–Kier alpha value is -1.06. The highest BCUT2D eigenvalue weighted by Crippen LogP contribution is 2.24. The zero-order chi connectivity index (χ0) is 14.9. The van der Waals surface area contributed by atoms with E-state index in [1.807, 2.05) is 0 Å². The first-order valence-electron chi connectivity index (χ1n) is 7.82. The lowest BCUT2D eigenvalue weighted by atomic mass is 10.1. The van der Waals surface area contributed by atoms with Gasteiger partial charge in [0.25, 0.3) is 0 Å². The van der Waals surface area contributed by atoms with E-state index < -0.39 is 0 Å². The molecule has 0 atom stereocenters. The van der Waals surface area contributed by atoms with Gasteiger partial charge < -0.3 is 10.1 Å². The molecule has 21 heavy (non-hydrogen) atoms. The van der Waals surface area contributed by atoms with Gasteiger partial charge in [-0.1, -0.05) is 35.0 Å². The molecule has 0 unspecified atom stereocenters. The second-order valence-corrected chi connectivity index (χ2v) is 6.23. The highest BCUT2D eigenvalue weighted by molar-refractivity contribution is 9.10. The molecule has 0 spiro atoms. The number of hydrogen-bond acceptors (Lipinski definition) is 2. The first-order valence-corrected chi connectivity index (χ1v) is 8.62. The molecule has 114 valence electrons. The average molecular weight is 350 g/mol. The minimum absolute atomic E-state index is 0.801. The van der Waals surface area contributed by atoms with Crippen LogP contribution in [0.15, 0.2) is 40.9 Å². The fourth-order valence-corrected chi connectivity index (χ4v) is 2.68. The molecule has 2 nitrogen and oxygen atoms in total. The molecule has 0 aliphatic rings. The lowest BCUT2D eigenvalue weighted by Crippen LogP contribution is -2.15. The van der Waals surface area contributed by atoms with Crippen LogP contribution in [0.4, 0.5) is 0 Å². The number of fused-ring (bicyclic) bond motifs is 1. The highest BCUT2D eigenvalue weighted by atomic mass is 79.9. The molecule has 0 fully saturated rings. The highest BCUT2D eigenvalue weighted by Gasteiger charge is 1.99. The van der Waals surface area contributed by atoms with Gasteiger partial charge in [-0.25, -0.2) is 0 Å². The van der Waals surface area contributed by atoms with Gasteiger partial charge in [-0.05, 0) is 73.8 Å². The van der Waals surface area contributed by atoms with Crippen LogP contribution in [0.1, 0.15) is 32.6 Å². The molecular weight excluding hydrogens is 326 g/mol. The van der Waals surface area contributed by atoms with Crippen molar-refractivity contribution in [2.24, 2.45) is 0 Å². The van der Waals surface area contributed by atoms with Crippen LogP contribution in [0, 0.1) is 0 Å². The van der Waals surface area contributed by atoms with Crippen LogP contribution in [0.2, 0.25) is 0 Å². The molecule has 2 aromatic rings. The van der Waals surface area contributed by atoms with Crippen molar-refractivity contribution in [3.05, 3.63) is 40.9 Å². The molecule has 0 amide bonds. The Bertz CT molecular complexity index is 556. The second-order valence-electron chi connectivity index (χ2n) is 5.31. The number of ether oxygens (including phenoxy) is 1. The number of nitrogens with one attached hydrogen (secondary N) is 1. The topological polar surface area (TPSA) is 21.3 Å². The van der Waals surface area contributed by atoms with E-state index in [-0.39, 0.29) is 0 Å². The van der Waals surface area contributed by atoms with Crippen LogP contribution in [-0.4, -0.2) is 19.7 Å².